The highest BCUT2D eigenvalue weighted by molar-refractivity contribution is 5.81. The molecule has 1 heterocycles. The number of hydrogen-bond donors (Lipinski definition) is 2. The molecular formula is C10H18N4O2. The summed E-state index contributed by atoms with van der Waals surface area (Å²) in [5, 5.41) is 6.39. The normalized spacial score (nSPS) is 14.4. The smallest absolute Gasteiger partial charge is 0.237 e. The standard InChI is InChI=1S/C10H18N4O2/c1-3-7(2)9(11)10(15)12-5-4-8-13-6-16-14-8/h6-7,9H,3-5,11H2,1-2H3,(H,12,15)/t7?,9-/m0/s1. The monoisotopic (exact) mass is 226 g/mol. The summed E-state index contributed by atoms with van der Waals surface area (Å²) in [4.78, 5) is 15.4. The Balaban J connectivity index is 2.24. The van der Waals surface area contributed by atoms with Gasteiger partial charge in [0.1, 0.15) is 0 Å². The first-order chi connectivity index (χ1) is 7.65. The van der Waals surface area contributed by atoms with Crippen molar-refractivity contribution in [3.63, 3.8) is 0 Å². The van der Waals surface area contributed by atoms with Crippen LogP contribution in [0, 0.1) is 5.92 Å². The second-order valence-electron chi connectivity index (χ2n) is 3.80. The predicted molar refractivity (Wildman–Crippen MR) is 58.4 cm³/mol. The molecule has 2 atom stereocenters. The van der Waals surface area contributed by atoms with Crippen LogP contribution in [0.1, 0.15) is 26.1 Å². The van der Waals surface area contributed by atoms with Crippen LogP contribution in [0.3, 0.4) is 0 Å². The van der Waals surface area contributed by atoms with Crippen LogP contribution >= 0.6 is 0 Å². The topological polar surface area (TPSA) is 94.0 Å². The van der Waals surface area contributed by atoms with Gasteiger partial charge in [0.2, 0.25) is 12.3 Å². The maximum absolute atomic E-state index is 11.6. The molecule has 0 aromatic carbocycles. The van der Waals surface area contributed by atoms with E-state index < -0.39 is 6.04 Å². The number of nitrogens with one attached hydrogen (secondary N) is 1. The number of amides is 1. The van der Waals surface area contributed by atoms with Gasteiger partial charge in [-0.15, -0.1) is 0 Å². The minimum Gasteiger partial charge on any atom is -0.354 e. The van der Waals surface area contributed by atoms with Crippen molar-refractivity contribution in [2.45, 2.75) is 32.7 Å². The van der Waals surface area contributed by atoms with Gasteiger partial charge in [-0.25, -0.2) is 0 Å². The first-order valence-electron chi connectivity index (χ1n) is 5.43. The minimum atomic E-state index is -0.449. The van der Waals surface area contributed by atoms with E-state index in [0.29, 0.717) is 18.8 Å². The molecule has 1 amide bonds. The third-order valence-electron chi connectivity index (χ3n) is 2.61. The number of aromatic nitrogens is 2. The van der Waals surface area contributed by atoms with E-state index in [1.165, 1.54) is 6.39 Å². The molecule has 3 N–H and O–H groups in total. The molecule has 0 fully saturated rings. The molecule has 90 valence electrons. The van der Waals surface area contributed by atoms with Crippen LogP contribution < -0.4 is 11.1 Å². The number of nitrogens with two attached hydrogens (primary N) is 1. The number of hydrogen-bond acceptors (Lipinski definition) is 5. The van der Waals surface area contributed by atoms with Crippen molar-refractivity contribution in [1.82, 2.24) is 15.5 Å². The second kappa shape index (κ2) is 6.22. The Hall–Kier alpha value is -1.43. The van der Waals surface area contributed by atoms with Crippen molar-refractivity contribution >= 4 is 5.91 Å². The summed E-state index contributed by atoms with van der Waals surface area (Å²) in [5.74, 6) is 0.639. The maximum atomic E-state index is 11.6. The number of carbonyl (C=O) groups is 1. The van der Waals surface area contributed by atoms with Crippen molar-refractivity contribution in [3.05, 3.63) is 12.2 Å². The van der Waals surface area contributed by atoms with Crippen LogP contribution in [-0.2, 0) is 11.2 Å². The van der Waals surface area contributed by atoms with E-state index in [1.54, 1.807) is 0 Å². The van der Waals surface area contributed by atoms with Crippen LogP contribution in [-0.4, -0.2) is 28.6 Å². The lowest BCUT2D eigenvalue weighted by Crippen LogP contribution is -2.45. The number of nitrogens with zero attached hydrogens (tertiary/aromatic N) is 2. The molecule has 1 aromatic heterocycles. The molecule has 0 radical (unpaired) electrons. The lowest BCUT2D eigenvalue weighted by atomic mass is 9.99. The summed E-state index contributed by atoms with van der Waals surface area (Å²) < 4.78 is 4.58. The highest BCUT2D eigenvalue weighted by atomic mass is 16.5. The fourth-order valence-electron chi connectivity index (χ4n) is 1.23. The van der Waals surface area contributed by atoms with Crippen molar-refractivity contribution in [2.75, 3.05) is 6.54 Å². The van der Waals surface area contributed by atoms with Gasteiger partial charge < -0.3 is 15.6 Å². The molecule has 1 rings (SSSR count). The van der Waals surface area contributed by atoms with Crippen molar-refractivity contribution in [2.24, 2.45) is 11.7 Å². The van der Waals surface area contributed by atoms with E-state index in [9.17, 15) is 4.79 Å². The fourth-order valence-corrected chi connectivity index (χ4v) is 1.23. The van der Waals surface area contributed by atoms with E-state index in [1.807, 2.05) is 13.8 Å². The zero-order chi connectivity index (χ0) is 12.0. The minimum absolute atomic E-state index is 0.127. The highest BCUT2D eigenvalue weighted by Gasteiger charge is 2.18. The summed E-state index contributed by atoms with van der Waals surface area (Å²) >= 11 is 0. The summed E-state index contributed by atoms with van der Waals surface area (Å²) in [6.07, 6.45) is 2.71. The Morgan fingerprint density at radius 2 is 2.44 bits per heavy atom. The molecule has 6 heteroatoms. The third-order valence-corrected chi connectivity index (χ3v) is 2.61. The van der Waals surface area contributed by atoms with E-state index in [4.69, 9.17) is 5.73 Å². The largest absolute Gasteiger partial charge is 0.354 e. The fraction of sp³-hybridized carbons (Fsp3) is 0.700. The highest BCUT2D eigenvalue weighted by Crippen LogP contribution is 2.04. The van der Waals surface area contributed by atoms with Crippen LogP contribution in [0.15, 0.2) is 10.9 Å². The molecule has 0 bridgehead atoms. The van der Waals surface area contributed by atoms with Crippen molar-refractivity contribution in [3.8, 4) is 0 Å². The molecule has 0 aliphatic carbocycles. The van der Waals surface area contributed by atoms with Crippen molar-refractivity contribution < 1.29 is 9.32 Å². The van der Waals surface area contributed by atoms with Gasteiger partial charge in [-0.05, 0) is 5.92 Å². The third kappa shape index (κ3) is 3.62. The average molecular weight is 226 g/mol. The van der Waals surface area contributed by atoms with Gasteiger partial charge in [0, 0.05) is 13.0 Å². The van der Waals surface area contributed by atoms with Crippen LogP contribution in [0.25, 0.3) is 0 Å². The molecule has 16 heavy (non-hydrogen) atoms. The quantitative estimate of drug-likeness (QED) is 0.717. The zero-order valence-electron chi connectivity index (χ0n) is 9.64. The van der Waals surface area contributed by atoms with Gasteiger partial charge in [-0.1, -0.05) is 25.4 Å². The molecule has 0 aliphatic rings. The first kappa shape index (κ1) is 12.6. The van der Waals surface area contributed by atoms with Crippen LogP contribution in [0.2, 0.25) is 0 Å². The lowest BCUT2D eigenvalue weighted by molar-refractivity contribution is -0.123. The SMILES string of the molecule is CCC(C)[C@H](N)C(=O)NCCc1ncon1. The van der Waals surface area contributed by atoms with Gasteiger partial charge in [0.05, 0.1) is 6.04 Å². The summed E-state index contributed by atoms with van der Waals surface area (Å²) in [6.45, 7) is 4.45. The predicted octanol–water partition coefficient (Wildman–Crippen LogP) is 0.102. The van der Waals surface area contributed by atoms with Gasteiger partial charge in [-0.3, -0.25) is 4.79 Å². The van der Waals surface area contributed by atoms with E-state index in [2.05, 4.69) is 20.0 Å². The van der Waals surface area contributed by atoms with Gasteiger partial charge in [-0.2, -0.15) is 4.98 Å². The Kier molecular flexibility index (Phi) is 4.91. The summed E-state index contributed by atoms with van der Waals surface area (Å²) in [7, 11) is 0. The van der Waals surface area contributed by atoms with E-state index in [-0.39, 0.29) is 11.8 Å². The molecule has 6 nitrogen and oxygen atoms in total. The zero-order valence-corrected chi connectivity index (χ0v) is 9.64. The Morgan fingerprint density at radius 3 is 3.00 bits per heavy atom. The molecule has 0 aliphatic heterocycles. The molecule has 1 unspecified atom stereocenters. The average Bonchev–Trinajstić information content (AvgIpc) is 2.79. The maximum Gasteiger partial charge on any atom is 0.237 e. The van der Waals surface area contributed by atoms with Gasteiger partial charge in [0.25, 0.3) is 0 Å². The van der Waals surface area contributed by atoms with Gasteiger partial charge >= 0.3 is 0 Å². The van der Waals surface area contributed by atoms with Crippen LogP contribution in [0.4, 0.5) is 0 Å². The van der Waals surface area contributed by atoms with E-state index >= 15 is 0 Å². The first-order valence-corrected chi connectivity index (χ1v) is 5.43. The Bertz CT molecular complexity index is 313. The molecule has 0 spiro atoms. The van der Waals surface area contributed by atoms with Crippen molar-refractivity contribution in [1.29, 1.82) is 0 Å². The Morgan fingerprint density at radius 1 is 1.69 bits per heavy atom. The number of rotatable bonds is 6. The van der Waals surface area contributed by atoms with Gasteiger partial charge in [0.15, 0.2) is 5.82 Å². The lowest BCUT2D eigenvalue weighted by Gasteiger charge is -2.17. The molecular weight excluding hydrogens is 208 g/mol. The second-order valence-corrected chi connectivity index (χ2v) is 3.80. The van der Waals surface area contributed by atoms with Crippen LogP contribution in [0.5, 0.6) is 0 Å². The summed E-state index contributed by atoms with van der Waals surface area (Å²) in [6, 6.07) is -0.449. The Labute approximate surface area is 94.6 Å². The molecule has 1 aromatic rings. The molecule has 0 saturated carbocycles. The summed E-state index contributed by atoms with van der Waals surface area (Å²) in [5.41, 5.74) is 5.77. The van der Waals surface area contributed by atoms with E-state index in [0.717, 1.165) is 6.42 Å². The number of carbonyl (C=O) groups excluding carboxylic acids is 1. The molecule has 0 saturated heterocycles.